The second-order valence-electron chi connectivity index (χ2n) is 2.26. The molecular formula is C5H10BrNO2S. The summed E-state index contributed by atoms with van der Waals surface area (Å²) >= 11 is 3.25. The predicted molar refractivity (Wildman–Crippen MR) is 43.8 cm³/mol. The summed E-state index contributed by atoms with van der Waals surface area (Å²) in [7, 11) is -2.78. The molecule has 1 saturated heterocycles. The minimum atomic E-state index is -2.78. The highest BCUT2D eigenvalue weighted by Gasteiger charge is 2.31. The Morgan fingerprint density at radius 3 is 2.50 bits per heavy atom. The highest BCUT2D eigenvalue weighted by Crippen LogP contribution is 2.12. The fourth-order valence-electron chi connectivity index (χ4n) is 0.856. The van der Waals surface area contributed by atoms with Gasteiger partial charge in [0, 0.05) is 18.4 Å². The largest absolute Gasteiger partial charge is 0.215 e. The van der Waals surface area contributed by atoms with Crippen molar-refractivity contribution in [1.82, 2.24) is 4.31 Å². The monoisotopic (exact) mass is 227 g/mol. The molecule has 0 amide bonds. The van der Waals surface area contributed by atoms with E-state index in [2.05, 4.69) is 15.9 Å². The van der Waals surface area contributed by atoms with Crippen LogP contribution in [0, 0.1) is 0 Å². The van der Waals surface area contributed by atoms with Crippen molar-refractivity contribution in [2.24, 2.45) is 0 Å². The lowest BCUT2D eigenvalue weighted by atomic mass is 10.5. The summed E-state index contributed by atoms with van der Waals surface area (Å²) in [6.45, 7) is 1.39. The van der Waals surface area contributed by atoms with Gasteiger partial charge in [-0.2, -0.15) is 0 Å². The van der Waals surface area contributed by atoms with Gasteiger partial charge < -0.3 is 0 Å². The zero-order valence-electron chi connectivity index (χ0n) is 5.59. The number of sulfonamides is 1. The zero-order chi connectivity index (χ0) is 7.61. The summed E-state index contributed by atoms with van der Waals surface area (Å²) in [4.78, 5) is 0. The standard InChI is InChI=1S/C5H10BrNO2S/c6-2-1-3-7-4-5-10(7,8)9/h1-5H2. The summed E-state index contributed by atoms with van der Waals surface area (Å²) in [6, 6.07) is 0. The molecule has 0 aromatic carbocycles. The van der Waals surface area contributed by atoms with Crippen LogP contribution in [0.4, 0.5) is 0 Å². The van der Waals surface area contributed by atoms with Crippen LogP contribution in [0.1, 0.15) is 6.42 Å². The number of rotatable bonds is 3. The molecule has 1 heterocycles. The molecule has 0 N–H and O–H groups in total. The molecule has 1 aliphatic rings. The third kappa shape index (κ3) is 1.71. The van der Waals surface area contributed by atoms with Gasteiger partial charge in [-0.3, -0.25) is 0 Å². The van der Waals surface area contributed by atoms with E-state index in [9.17, 15) is 8.42 Å². The maximum atomic E-state index is 10.8. The second-order valence-corrected chi connectivity index (χ2v) is 5.14. The molecule has 0 radical (unpaired) electrons. The summed E-state index contributed by atoms with van der Waals surface area (Å²) in [6.07, 6.45) is 0.902. The molecule has 0 aromatic rings. The topological polar surface area (TPSA) is 37.4 Å². The van der Waals surface area contributed by atoms with E-state index in [1.54, 1.807) is 0 Å². The van der Waals surface area contributed by atoms with Crippen molar-refractivity contribution >= 4 is 26.0 Å². The van der Waals surface area contributed by atoms with E-state index < -0.39 is 10.0 Å². The molecule has 0 aliphatic carbocycles. The predicted octanol–water partition coefficient (Wildman–Crippen LogP) is 0.417. The van der Waals surface area contributed by atoms with Crippen LogP contribution in [0.2, 0.25) is 0 Å². The van der Waals surface area contributed by atoms with Crippen LogP contribution in [-0.2, 0) is 10.0 Å². The van der Waals surface area contributed by atoms with Crippen molar-refractivity contribution in [2.75, 3.05) is 24.2 Å². The Morgan fingerprint density at radius 1 is 1.50 bits per heavy atom. The van der Waals surface area contributed by atoms with Crippen molar-refractivity contribution in [3.63, 3.8) is 0 Å². The summed E-state index contributed by atoms with van der Waals surface area (Å²) < 4.78 is 23.2. The van der Waals surface area contributed by atoms with E-state index in [-0.39, 0.29) is 0 Å². The van der Waals surface area contributed by atoms with Gasteiger partial charge in [0.1, 0.15) is 0 Å². The lowest BCUT2D eigenvalue weighted by molar-refractivity contribution is 0.385. The van der Waals surface area contributed by atoms with Crippen LogP contribution in [0.5, 0.6) is 0 Å². The van der Waals surface area contributed by atoms with Crippen molar-refractivity contribution < 1.29 is 8.42 Å². The van der Waals surface area contributed by atoms with Crippen molar-refractivity contribution in [2.45, 2.75) is 6.42 Å². The molecule has 3 nitrogen and oxygen atoms in total. The number of nitrogens with zero attached hydrogens (tertiary/aromatic N) is 1. The van der Waals surface area contributed by atoms with Crippen LogP contribution in [0.25, 0.3) is 0 Å². The molecule has 1 rings (SSSR count). The van der Waals surface area contributed by atoms with Crippen molar-refractivity contribution in [3.8, 4) is 0 Å². The van der Waals surface area contributed by atoms with Gasteiger partial charge >= 0.3 is 0 Å². The first-order valence-electron chi connectivity index (χ1n) is 3.20. The number of halogens is 1. The molecular weight excluding hydrogens is 218 g/mol. The van der Waals surface area contributed by atoms with Crippen molar-refractivity contribution in [1.29, 1.82) is 0 Å². The SMILES string of the molecule is O=S1(=O)CCN1CCCBr. The summed E-state index contributed by atoms with van der Waals surface area (Å²) in [5.74, 6) is 0.343. The van der Waals surface area contributed by atoms with Gasteiger partial charge in [0.25, 0.3) is 0 Å². The van der Waals surface area contributed by atoms with Gasteiger partial charge in [-0.1, -0.05) is 15.9 Å². The van der Waals surface area contributed by atoms with Crippen LogP contribution in [0.3, 0.4) is 0 Å². The van der Waals surface area contributed by atoms with E-state index in [0.717, 1.165) is 18.3 Å². The normalized spacial score (nSPS) is 24.1. The lowest BCUT2D eigenvalue weighted by Gasteiger charge is -2.29. The number of hydrogen-bond acceptors (Lipinski definition) is 2. The van der Waals surface area contributed by atoms with Gasteiger partial charge in [-0.25, -0.2) is 12.7 Å². The van der Waals surface area contributed by atoms with Crippen molar-refractivity contribution in [3.05, 3.63) is 0 Å². The summed E-state index contributed by atoms with van der Waals surface area (Å²) in [5.41, 5.74) is 0. The van der Waals surface area contributed by atoms with Gasteiger partial charge in [0.05, 0.1) is 5.75 Å². The van der Waals surface area contributed by atoms with E-state index in [4.69, 9.17) is 0 Å². The minimum absolute atomic E-state index is 0.343. The Morgan fingerprint density at radius 2 is 2.20 bits per heavy atom. The smallest absolute Gasteiger partial charge is 0.212 e. The van der Waals surface area contributed by atoms with Crippen LogP contribution < -0.4 is 0 Å². The lowest BCUT2D eigenvalue weighted by Crippen LogP contribution is -2.47. The average molecular weight is 228 g/mol. The molecule has 1 aliphatic heterocycles. The second kappa shape index (κ2) is 3.19. The number of alkyl halides is 1. The first kappa shape index (κ1) is 8.49. The molecule has 60 valence electrons. The molecule has 0 unspecified atom stereocenters. The zero-order valence-corrected chi connectivity index (χ0v) is 7.99. The van der Waals surface area contributed by atoms with Gasteiger partial charge in [-0.15, -0.1) is 0 Å². The Bertz CT molecular complexity index is 202. The highest BCUT2D eigenvalue weighted by molar-refractivity contribution is 9.09. The fourth-order valence-corrected chi connectivity index (χ4v) is 2.25. The van der Waals surface area contributed by atoms with E-state index in [1.807, 2.05) is 0 Å². The maximum Gasteiger partial charge on any atom is 0.215 e. The van der Waals surface area contributed by atoms with Crippen LogP contribution >= 0.6 is 15.9 Å². The minimum Gasteiger partial charge on any atom is -0.212 e. The molecule has 0 saturated carbocycles. The molecule has 0 aromatic heterocycles. The molecule has 5 heteroatoms. The molecule has 1 fully saturated rings. The first-order valence-corrected chi connectivity index (χ1v) is 5.93. The Labute approximate surface area is 69.6 Å². The third-order valence-corrected chi connectivity index (χ3v) is 3.94. The van der Waals surface area contributed by atoms with E-state index in [1.165, 1.54) is 4.31 Å². The fraction of sp³-hybridized carbons (Fsp3) is 1.00. The Kier molecular flexibility index (Phi) is 2.71. The highest BCUT2D eigenvalue weighted by atomic mass is 79.9. The molecule has 10 heavy (non-hydrogen) atoms. The third-order valence-electron chi connectivity index (χ3n) is 1.53. The van der Waals surface area contributed by atoms with Crippen LogP contribution in [-0.4, -0.2) is 36.9 Å². The molecule has 0 bridgehead atoms. The van der Waals surface area contributed by atoms with E-state index in [0.29, 0.717) is 12.3 Å². The molecule has 0 atom stereocenters. The summed E-state index contributed by atoms with van der Waals surface area (Å²) in [5, 5.41) is 0.874. The average Bonchev–Trinajstić information content (AvgIpc) is 1.87. The Balaban J connectivity index is 2.31. The van der Waals surface area contributed by atoms with Gasteiger partial charge in [0.2, 0.25) is 10.0 Å². The maximum absolute atomic E-state index is 10.8. The quantitative estimate of drug-likeness (QED) is 0.656. The first-order chi connectivity index (χ1) is 4.67. The molecule has 0 spiro atoms. The Hall–Kier alpha value is 0.390. The van der Waals surface area contributed by atoms with Crippen LogP contribution in [0.15, 0.2) is 0 Å². The van der Waals surface area contributed by atoms with E-state index >= 15 is 0 Å². The van der Waals surface area contributed by atoms with Gasteiger partial charge in [0.15, 0.2) is 0 Å². The number of hydrogen-bond donors (Lipinski definition) is 0. The van der Waals surface area contributed by atoms with Gasteiger partial charge in [-0.05, 0) is 6.42 Å².